The van der Waals surface area contributed by atoms with Crippen LogP contribution in [0, 0.1) is 0 Å². The molecule has 0 heterocycles. The third-order valence-corrected chi connectivity index (χ3v) is 10.9. The second kappa shape index (κ2) is 12.3. The summed E-state index contributed by atoms with van der Waals surface area (Å²) in [5.41, 5.74) is 0. The number of rotatable bonds is 8. The number of thioether (sulfide) groups is 2. The Morgan fingerprint density at radius 2 is 0.690 bits per heavy atom. The van der Waals surface area contributed by atoms with Crippen LogP contribution in [0.2, 0.25) is 40.2 Å². The second-order valence-electron chi connectivity index (χ2n) is 5.07. The molecule has 0 amide bonds. The van der Waals surface area contributed by atoms with Crippen molar-refractivity contribution in [2.75, 3.05) is 24.7 Å². The van der Waals surface area contributed by atoms with Gasteiger partial charge in [0.15, 0.2) is 0 Å². The Labute approximate surface area is 220 Å². The molecule has 0 saturated carbocycles. The average Bonchev–Trinajstić information content (AvgIpc) is 2.70. The predicted octanol–water partition coefficient (Wildman–Crippen LogP) is 9.23. The SMILES string of the molecule is OCCSc1c(Cl)c(Cl)c(Sc2c(Cl)c(Cl)c(SCCO)c(Cl)c2Cl)c(Cl)c1Cl. The third-order valence-electron chi connectivity index (χ3n) is 3.25. The first-order chi connectivity index (χ1) is 13.7. The molecule has 0 atom stereocenters. The topological polar surface area (TPSA) is 40.5 Å². The summed E-state index contributed by atoms with van der Waals surface area (Å²) in [7, 11) is 0. The highest BCUT2D eigenvalue weighted by Gasteiger charge is 2.26. The van der Waals surface area contributed by atoms with E-state index in [-0.39, 0.29) is 53.4 Å². The Morgan fingerprint density at radius 3 is 0.931 bits per heavy atom. The van der Waals surface area contributed by atoms with Gasteiger partial charge in [-0.1, -0.05) is 105 Å². The van der Waals surface area contributed by atoms with Crippen LogP contribution in [0.4, 0.5) is 0 Å². The van der Waals surface area contributed by atoms with E-state index in [1.807, 2.05) is 0 Å². The molecule has 0 aromatic heterocycles. The molecular weight excluding hydrogens is 604 g/mol. The Bertz CT molecular complexity index is 795. The molecule has 0 bridgehead atoms. The van der Waals surface area contributed by atoms with Gasteiger partial charge in [0.2, 0.25) is 0 Å². The Morgan fingerprint density at radius 1 is 0.448 bits per heavy atom. The van der Waals surface area contributed by atoms with Crippen LogP contribution in [0.5, 0.6) is 0 Å². The van der Waals surface area contributed by atoms with Crippen LogP contribution in [0.15, 0.2) is 19.6 Å². The van der Waals surface area contributed by atoms with Crippen molar-refractivity contribution >= 4 is 128 Å². The van der Waals surface area contributed by atoms with E-state index < -0.39 is 0 Å². The minimum absolute atomic E-state index is 0.0636. The van der Waals surface area contributed by atoms with Crippen LogP contribution in [0.25, 0.3) is 0 Å². The van der Waals surface area contributed by atoms with Crippen molar-refractivity contribution in [2.45, 2.75) is 19.6 Å². The molecule has 2 rings (SSSR count). The summed E-state index contributed by atoms with van der Waals surface area (Å²) in [6, 6.07) is 0. The highest BCUT2D eigenvalue weighted by atomic mass is 35.5. The molecule has 2 N–H and O–H groups in total. The first kappa shape index (κ1) is 27.0. The number of aliphatic hydroxyl groups excluding tert-OH is 2. The van der Waals surface area contributed by atoms with Crippen LogP contribution in [-0.2, 0) is 0 Å². The summed E-state index contributed by atoms with van der Waals surface area (Å²) in [6.45, 7) is -0.127. The van der Waals surface area contributed by atoms with Gasteiger partial charge >= 0.3 is 0 Å². The van der Waals surface area contributed by atoms with E-state index in [0.29, 0.717) is 31.1 Å². The Balaban J connectivity index is 2.58. The van der Waals surface area contributed by atoms with Crippen LogP contribution < -0.4 is 0 Å². The number of hydrogen-bond acceptors (Lipinski definition) is 5. The molecule has 0 fully saturated rings. The van der Waals surface area contributed by atoms with E-state index in [1.54, 1.807) is 0 Å². The van der Waals surface area contributed by atoms with Crippen molar-refractivity contribution in [2.24, 2.45) is 0 Å². The zero-order chi connectivity index (χ0) is 21.9. The molecule has 0 spiro atoms. The van der Waals surface area contributed by atoms with Gasteiger partial charge < -0.3 is 10.2 Å². The zero-order valence-corrected chi connectivity index (χ0v) is 22.5. The van der Waals surface area contributed by atoms with Crippen molar-refractivity contribution in [1.29, 1.82) is 0 Å². The predicted molar refractivity (Wildman–Crippen MR) is 133 cm³/mol. The first-order valence-electron chi connectivity index (χ1n) is 7.54. The van der Waals surface area contributed by atoms with Crippen LogP contribution in [-0.4, -0.2) is 34.9 Å². The molecule has 0 saturated heterocycles. The lowest BCUT2D eigenvalue weighted by molar-refractivity contribution is 0.322. The summed E-state index contributed by atoms with van der Waals surface area (Å²) >= 11 is 54.7. The lowest BCUT2D eigenvalue weighted by Crippen LogP contribution is -1.93. The molecule has 29 heavy (non-hydrogen) atoms. The highest BCUT2D eigenvalue weighted by Crippen LogP contribution is 2.55. The first-order valence-corrected chi connectivity index (χ1v) is 13.3. The fourth-order valence-electron chi connectivity index (χ4n) is 2.01. The van der Waals surface area contributed by atoms with E-state index in [1.165, 1.54) is 23.5 Å². The molecule has 0 aliphatic carbocycles. The van der Waals surface area contributed by atoms with Gasteiger partial charge in [-0.05, 0) is 0 Å². The molecule has 160 valence electrons. The number of hydrogen-bond donors (Lipinski definition) is 2. The minimum atomic E-state index is -0.0636. The van der Waals surface area contributed by atoms with Crippen LogP contribution in [0.1, 0.15) is 0 Å². The van der Waals surface area contributed by atoms with Crippen LogP contribution >= 0.6 is 128 Å². The van der Waals surface area contributed by atoms with E-state index in [9.17, 15) is 0 Å². The van der Waals surface area contributed by atoms with Gasteiger partial charge in [0.05, 0.1) is 63.2 Å². The van der Waals surface area contributed by atoms with Gasteiger partial charge in [0.25, 0.3) is 0 Å². The van der Waals surface area contributed by atoms with Gasteiger partial charge in [-0.25, -0.2) is 0 Å². The molecule has 0 aliphatic heterocycles. The number of benzene rings is 2. The molecule has 2 aromatic rings. The largest absolute Gasteiger partial charge is 0.396 e. The van der Waals surface area contributed by atoms with Crippen molar-refractivity contribution in [3.63, 3.8) is 0 Å². The average molecular weight is 614 g/mol. The third kappa shape index (κ3) is 6.00. The van der Waals surface area contributed by atoms with Gasteiger partial charge in [-0.3, -0.25) is 0 Å². The highest BCUT2D eigenvalue weighted by molar-refractivity contribution is 8.00. The summed E-state index contributed by atoms with van der Waals surface area (Å²) in [4.78, 5) is 1.60. The van der Waals surface area contributed by atoms with Gasteiger partial charge in [-0.2, -0.15) is 0 Å². The van der Waals surface area contributed by atoms with E-state index >= 15 is 0 Å². The van der Waals surface area contributed by atoms with Crippen molar-refractivity contribution in [3.05, 3.63) is 40.2 Å². The number of halogens is 8. The Hall–Kier alpha value is 1.73. The quantitative estimate of drug-likeness (QED) is 0.229. The maximum Gasteiger partial charge on any atom is 0.0759 e. The van der Waals surface area contributed by atoms with Crippen molar-refractivity contribution < 1.29 is 10.2 Å². The molecule has 2 aromatic carbocycles. The maximum absolute atomic E-state index is 9.04. The van der Waals surface area contributed by atoms with Gasteiger partial charge in [0, 0.05) is 21.3 Å². The molecule has 0 aliphatic rings. The lowest BCUT2D eigenvalue weighted by Gasteiger charge is -2.18. The van der Waals surface area contributed by atoms with E-state index in [2.05, 4.69) is 0 Å². The van der Waals surface area contributed by atoms with E-state index in [4.69, 9.17) is 103 Å². The second-order valence-corrected chi connectivity index (χ2v) is 11.3. The standard InChI is InChI=1S/C16H10Cl8O2S3/c17-5-9(21)15(10(22)6(18)13(5)27-3-1-25)29-16-11(23)7(19)14(28-4-2-26)8(20)12(16)24/h25-26H,1-4H2. The monoisotopic (exact) mass is 610 g/mol. The minimum Gasteiger partial charge on any atom is -0.396 e. The summed E-state index contributed by atoms with van der Waals surface area (Å²) in [6.07, 6.45) is 0. The number of aliphatic hydroxyl groups is 2. The molecule has 0 unspecified atom stereocenters. The van der Waals surface area contributed by atoms with Crippen molar-refractivity contribution in [3.8, 4) is 0 Å². The van der Waals surface area contributed by atoms with E-state index in [0.717, 1.165) is 11.8 Å². The maximum atomic E-state index is 9.04. The molecule has 2 nitrogen and oxygen atoms in total. The molecule has 13 heteroatoms. The zero-order valence-electron chi connectivity index (χ0n) is 14.0. The summed E-state index contributed by atoms with van der Waals surface area (Å²) in [5.74, 6) is 0.739. The lowest BCUT2D eigenvalue weighted by atomic mass is 10.3. The smallest absolute Gasteiger partial charge is 0.0759 e. The summed E-state index contributed by atoms with van der Waals surface area (Å²) < 4.78 is 0. The van der Waals surface area contributed by atoms with Gasteiger partial charge in [-0.15, -0.1) is 23.5 Å². The fraction of sp³-hybridized carbons (Fsp3) is 0.250. The Kier molecular flexibility index (Phi) is 11.4. The fourth-order valence-corrected chi connectivity index (χ4v) is 7.76. The molecule has 0 radical (unpaired) electrons. The van der Waals surface area contributed by atoms with Gasteiger partial charge in [0.1, 0.15) is 0 Å². The summed E-state index contributed by atoms with van der Waals surface area (Å²) in [5, 5.41) is 19.5. The van der Waals surface area contributed by atoms with Crippen molar-refractivity contribution in [1.82, 2.24) is 0 Å². The normalized spacial score (nSPS) is 11.4. The van der Waals surface area contributed by atoms with Crippen LogP contribution in [0.3, 0.4) is 0 Å². The molecular formula is C16H10Cl8O2S3.